The third-order valence-corrected chi connectivity index (χ3v) is 4.52. The van der Waals surface area contributed by atoms with Crippen molar-refractivity contribution < 1.29 is 9.59 Å². The van der Waals surface area contributed by atoms with Gasteiger partial charge in [-0.2, -0.15) is 0 Å². The molecule has 2 aromatic carbocycles. The molecule has 6 heteroatoms. The number of para-hydroxylation sites is 1. The van der Waals surface area contributed by atoms with E-state index in [1.165, 1.54) is 11.8 Å². The smallest absolute Gasteiger partial charge is 0.244 e. The summed E-state index contributed by atoms with van der Waals surface area (Å²) in [6.45, 7) is 1.92. The van der Waals surface area contributed by atoms with Gasteiger partial charge in [0.25, 0.3) is 0 Å². The van der Waals surface area contributed by atoms with Crippen LogP contribution >= 0.6 is 11.6 Å². The molecule has 0 spiro atoms. The average molecular weight is 382 g/mol. The third kappa shape index (κ3) is 5.05. The minimum absolute atomic E-state index is 0.00779. The summed E-state index contributed by atoms with van der Waals surface area (Å²) in [4.78, 5) is 30.3. The second-order valence-corrected chi connectivity index (χ2v) is 6.68. The van der Waals surface area contributed by atoms with Gasteiger partial charge in [0.1, 0.15) is 0 Å². The zero-order valence-corrected chi connectivity index (χ0v) is 15.7. The monoisotopic (exact) mass is 381 g/mol. The zero-order chi connectivity index (χ0) is 19.2. The lowest BCUT2D eigenvalue weighted by Gasteiger charge is -2.20. The highest BCUT2D eigenvalue weighted by molar-refractivity contribution is 6.30. The van der Waals surface area contributed by atoms with Crippen LogP contribution in [0, 0.1) is 0 Å². The van der Waals surface area contributed by atoms with Gasteiger partial charge in [-0.15, -0.1) is 0 Å². The van der Waals surface area contributed by atoms with Gasteiger partial charge in [-0.3, -0.25) is 14.6 Å². The third-order valence-electron chi connectivity index (χ3n) is 4.27. The van der Waals surface area contributed by atoms with Crippen molar-refractivity contribution in [3.8, 4) is 0 Å². The zero-order valence-electron chi connectivity index (χ0n) is 15.0. The number of pyridine rings is 1. The number of fused-ring (bicyclic) bond motifs is 1. The number of carbonyl (C=O) groups is 2. The largest absolute Gasteiger partial charge is 0.333 e. The van der Waals surface area contributed by atoms with Gasteiger partial charge < -0.3 is 10.2 Å². The molecule has 0 unspecified atom stereocenters. The first kappa shape index (κ1) is 18.9. The van der Waals surface area contributed by atoms with E-state index in [1.807, 2.05) is 48.5 Å². The Morgan fingerprint density at radius 1 is 1.07 bits per heavy atom. The van der Waals surface area contributed by atoms with Crippen molar-refractivity contribution in [3.63, 3.8) is 0 Å². The first-order valence-electron chi connectivity index (χ1n) is 8.66. The van der Waals surface area contributed by atoms with E-state index in [9.17, 15) is 9.59 Å². The molecule has 1 N–H and O–H groups in total. The molecule has 0 fully saturated rings. The van der Waals surface area contributed by atoms with Crippen LogP contribution in [-0.2, 0) is 16.0 Å². The Balaban J connectivity index is 1.64. The standard InChI is InChI=1S/C21H20ClN3O2/c1-15(26)25(13-11-16-7-9-18(22)10-8-16)14-20(27)24-19-6-2-4-17-5-3-12-23-21(17)19/h2-10,12H,11,13-14H2,1H3,(H,24,27). The molecule has 1 aromatic heterocycles. The summed E-state index contributed by atoms with van der Waals surface area (Å²) < 4.78 is 0. The summed E-state index contributed by atoms with van der Waals surface area (Å²) in [6, 6.07) is 16.9. The first-order valence-corrected chi connectivity index (χ1v) is 9.04. The summed E-state index contributed by atoms with van der Waals surface area (Å²) in [7, 11) is 0. The molecule has 0 bridgehead atoms. The number of nitrogens with zero attached hydrogens (tertiary/aromatic N) is 2. The van der Waals surface area contributed by atoms with E-state index in [1.54, 1.807) is 12.3 Å². The lowest BCUT2D eigenvalue weighted by Crippen LogP contribution is -2.38. The molecule has 1 heterocycles. The summed E-state index contributed by atoms with van der Waals surface area (Å²) in [5.74, 6) is -0.394. The van der Waals surface area contributed by atoms with Crippen LogP contribution in [0.3, 0.4) is 0 Å². The van der Waals surface area contributed by atoms with Crippen LogP contribution in [-0.4, -0.2) is 34.8 Å². The maximum Gasteiger partial charge on any atom is 0.244 e. The number of rotatable bonds is 6. The highest BCUT2D eigenvalue weighted by atomic mass is 35.5. The van der Waals surface area contributed by atoms with Crippen molar-refractivity contribution in [1.29, 1.82) is 0 Å². The lowest BCUT2D eigenvalue weighted by atomic mass is 10.1. The predicted molar refractivity (Wildman–Crippen MR) is 108 cm³/mol. The van der Waals surface area contributed by atoms with E-state index in [4.69, 9.17) is 11.6 Å². The van der Waals surface area contributed by atoms with Gasteiger partial charge in [0.05, 0.1) is 17.7 Å². The molecule has 0 radical (unpaired) electrons. The molecule has 3 rings (SSSR count). The average Bonchev–Trinajstić information content (AvgIpc) is 2.66. The van der Waals surface area contributed by atoms with Crippen LogP contribution in [0.15, 0.2) is 60.8 Å². The van der Waals surface area contributed by atoms with Crippen molar-refractivity contribution in [1.82, 2.24) is 9.88 Å². The fourth-order valence-electron chi connectivity index (χ4n) is 2.83. The maximum atomic E-state index is 12.5. The highest BCUT2D eigenvalue weighted by Crippen LogP contribution is 2.20. The first-order chi connectivity index (χ1) is 13.0. The Hall–Kier alpha value is -2.92. The topological polar surface area (TPSA) is 62.3 Å². The van der Waals surface area contributed by atoms with E-state index in [2.05, 4.69) is 10.3 Å². The number of nitrogens with one attached hydrogen (secondary N) is 1. The molecule has 5 nitrogen and oxygen atoms in total. The number of amides is 2. The van der Waals surface area contributed by atoms with Crippen LogP contribution in [0.5, 0.6) is 0 Å². The fraction of sp³-hybridized carbons (Fsp3) is 0.190. The SMILES string of the molecule is CC(=O)N(CCc1ccc(Cl)cc1)CC(=O)Nc1cccc2cccnc12. The molecule has 3 aromatic rings. The number of hydrogen-bond donors (Lipinski definition) is 1. The van der Waals surface area contributed by atoms with E-state index < -0.39 is 0 Å². The number of carbonyl (C=O) groups excluding carboxylic acids is 2. The van der Waals surface area contributed by atoms with Gasteiger partial charge in [-0.25, -0.2) is 0 Å². The second kappa shape index (κ2) is 8.64. The van der Waals surface area contributed by atoms with Crippen molar-refractivity contribution >= 4 is 40.0 Å². The molecule has 27 heavy (non-hydrogen) atoms. The van der Waals surface area contributed by atoms with Gasteiger partial charge in [-0.1, -0.05) is 41.9 Å². The highest BCUT2D eigenvalue weighted by Gasteiger charge is 2.15. The minimum Gasteiger partial charge on any atom is -0.333 e. The number of halogens is 1. The second-order valence-electron chi connectivity index (χ2n) is 6.25. The van der Waals surface area contributed by atoms with Crippen molar-refractivity contribution in [2.24, 2.45) is 0 Å². The fourth-order valence-corrected chi connectivity index (χ4v) is 2.96. The molecular formula is C21H20ClN3O2. The van der Waals surface area contributed by atoms with Crippen molar-refractivity contribution in [2.75, 3.05) is 18.4 Å². The Morgan fingerprint density at radius 3 is 2.56 bits per heavy atom. The summed E-state index contributed by atoms with van der Waals surface area (Å²) >= 11 is 5.89. The van der Waals surface area contributed by atoms with Gasteiger partial charge in [0.15, 0.2) is 0 Å². The normalized spacial score (nSPS) is 10.6. The maximum absolute atomic E-state index is 12.5. The van der Waals surface area contributed by atoms with Crippen LogP contribution < -0.4 is 5.32 Å². The van der Waals surface area contributed by atoms with Crippen LogP contribution in [0.25, 0.3) is 10.9 Å². The van der Waals surface area contributed by atoms with E-state index in [-0.39, 0.29) is 18.4 Å². The van der Waals surface area contributed by atoms with Crippen LogP contribution in [0.4, 0.5) is 5.69 Å². The molecule has 0 saturated heterocycles. The Morgan fingerprint density at radius 2 is 1.81 bits per heavy atom. The number of aromatic nitrogens is 1. The molecule has 0 saturated carbocycles. The molecule has 0 aliphatic heterocycles. The molecule has 2 amide bonds. The molecule has 0 atom stereocenters. The Labute approximate surface area is 163 Å². The van der Waals surface area contributed by atoms with E-state index >= 15 is 0 Å². The summed E-state index contributed by atoms with van der Waals surface area (Å²) in [5, 5.41) is 4.48. The number of hydrogen-bond acceptors (Lipinski definition) is 3. The van der Waals surface area contributed by atoms with Crippen LogP contribution in [0.1, 0.15) is 12.5 Å². The molecule has 0 aliphatic rings. The Kier molecular flexibility index (Phi) is 6.04. The Bertz CT molecular complexity index is 952. The van der Waals surface area contributed by atoms with Gasteiger partial charge in [0.2, 0.25) is 11.8 Å². The van der Waals surface area contributed by atoms with Gasteiger partial charge in [0, 0.05) is 30.1 Å². The number of anilines is 1. The van der Waals surface area contributed by atoms with E-state index in [0.717, 1.165) is 16.5 Å². The summed E-state index contributed by atoms with van der Waals surface area (Å²) in [6.07, 6.45) is 2.34. The molecule has 138 valence electrons. The molecular weight excluding hydrogens is 362 g/mol. The van der Waals surface area contributed by atoms with Gasteiger partial charge >= 0.3 is 0 Å². The lowest BCUT2D eigenvalue weighted by molar-refractivity contribution is -0.132. The van der Waals surface area contributed by atoms with Crippen LogP contribution in [0.2, 0.25) is 5.02 Å². The predicted octanol–water partition coefficient (Wildman–Crippen LogP) is 3.92. The van der Waals surface area contributed by atoms with E-state index in [0.29, 0.717) is 23.7 Å². The summed E-state index contributed by atoms with van der Waals surface area (Å²) in [5.41, 5.74) is 2.42. The minimum atomic E-state index is -0.251. The quantitative estimate of drug-likeness (QED) is 0.704. The van der Waals surface area contributed by atoms with Crippen molar-refractivity contribution in [2.45, 2.75) is 13.3 Å². The number of benzene rings is 2. The van der Waals surface area contributed by atoms with Crippen molar-refractivity contribution in [3.05, 3.63) is 71.4 Å². The molecule has 0 aliphatic carbocycles. The van der Waals surface area contributed by atoms with Gasteiger partial charge in [-0.05, 0) is 36.2 Å².